The van der Waals surface area contributed by atoms with E-state index in [9.17, 15) is 19.1 Å². The molecule has 1 amide bonds. The van der Waals surface area contributed by atoms with Crippen LogP contribution in [0.1, 0.15) is 19.6 Å². The summed E-state index contributed by atoms with van der Waals surface area (Å²) in [5.41, 5.74) is 8.53. The Morgan fingerprint density at radius 3 is 2.90 bits per heavy atom. The Morgan fingerprint density at radius 1 is 1.75 bits per heavy atom. The number of aliphatic hydroxyl groups excluding tert-OH is 1. The van der Waals surface area contributed by atoms with Crippen LogP contribution in [-0.4, -0.2) is 33.3 Å². The summed E-state index contributed by atoms with van der Waals surface area (Å²) in [6.07, 6.45) is -0.938. The minimum absolute atomic E-state index is 0.0263. The van der Waals surface area contributed by atoms with E-state index in [0.717, 1.165) is 10.8 Å². The van der Waals surface area contributed by atoms with Crippen LogP contribution in [0.15, 0.2) is 11.0 Å². The Balaban J connectivity index is 2.40. The lowest BCUT2D eigenvalue weighted by atomic mass is 9.82. The van der Waals surface area contributed by atoms with E-state index in [4.69, 9.17) is 16.2 Å². The van der Waals surface area contributed by atoms with Crippen LogP contribution in [-0.2, 0) is 9.53 Å². The molecule has 9 heteroatoms. The molecular formula is C11H15FN4O4. The van der Waals surface area contributed by atoms with E-state index in [0.29, 0.717) is 0 Å². The zero-order valence-corrected chi connectivity index (χ0v) is 10.7. The van der Waals surface area contributed by atoms with Crippen molar-refractivity contribution in [1.29, 1.82) is 0 Å². The second-order valence-corrected chi connectivity index (χ2v) is 4.91. The summed E-state index contributed by atoms with van der Waals surface area (Å²) >= 11 is 0. The molecule has 8 nitrogen and oxygen atoms in total. The average Bonchev–Trinajstić information content (AvgIpc) is 2.72. The Labute approximate surface area is 113 Å². The highest BCUT2D eigenvalue weighted by molar-refractivity contribution is 5.81. The van der Waals surface area contributed by atoms with Gasteiger partial charge >= 0.3 is 5.69 Å². The fourth-order valence-electron chi connectivity index (χ4n) is 2.21. The third-order valence-electron chi connectivity index (χ3n) is 3.60. The van der Waals surface area contributed by atoms with Crippen molar-refractivity contribution in [3.63, 3.8) is 0 Å². The molecule has 2 unspecified atom stereocenters. The van der Waals surface area contributed by atoms with E-state index < -0.39 is 47.6 Å². The number of nitrogens with zero attached hydrogens (tertiary/aromatic N) is 2. The van der Waals surface area contributed by atoms with Gasteiger partial charge in [-0.25, -0.2) is 9.18 Å². The molecule has 0 aromatic carbocycles. The average molecular weight is 286 g/mol. The monoisotopic (exact) mass is 286 g/mol. The Kier molecular flexibility index (Phi) is 3.48. The highest BCUT2D eigenvalue weighted by atomic mass is 19.1. The summed E-state index contributed by atoms with van der Waals surface area (Å²) in [4.78, 5) is 26.5. The molecular weight excluding hydrogens is 271 g/mol. The molecule has 20 heavy (non-hydrogen) atoms. The lowest BCUT2D eigenvalue weighted by Crippen LogP contribution is -2.42. The number of primary amides is 1. The molecule has 0 bridgehead atoms. The standard InChI is InChI=1S/C11H15FN4O4/c1-11(9(14)18)2-7(20-6(11)4-17)16-3-5(12)8(13)15-10(16)19/h3,6-7,17H,2,4H2,1H3,(H2,14,18)(H2,13,15,19)/t6-,7?,11?/m1/s1. The molecule has 0 aliphatic carbocycles. The number of amides is 1. The number of aromatic nitrogens is 2. The fourth-order valence-corrected chi connectivity index (χ4v) is 2.21. The second-order valence-electron chi connectivity index (χ2n) is 4.91. The largest absolute Gasteiger partial charge is 0.394 e. The van der Waals surface area contributed by atoms with Gasteiger partial charge in [-0.3, -0.25) is 9.36 Å². The molecule has 1 aliphatic rings. The molecule has 2 rings (SSSR count). The summed E-state index contributed by atoms with van der Waals surface area (Å²) in [7, 11) is 0. The van der Waals surface area contributed by atoms with Gasteiger partial charge in [-0.2, -0.15) is 4.98 Å². The van der Waals surface area contributed by atoms with Gasteiger partial charge in [0.15, 0.2) is 11.6 Å². The summed E-state index contributed by atoms with van der Waals surface area (Å²) < 4.78 is 19.7. The number of hydrogen-bond acceptors (Lipinski definition) is 6. The van der Waals surface area contributed by atoms with Crippen LogP contribution in [0.5, 0.6) is 0 Å². The van der Waals surface area contributed by atoms with Gasteiger partial charge in [-0.1, -0.05) is 0 Å². The molecule has 5 N–H and O–H groups in total. The number of halogens is 1. The number of aliphatic hydroxyl groups is 1. The van der Waals surface area contributed by atoms with Crippen LogP contribution in [0.3, 0.4) is 0 Å². The number of anilines is 1. The zero-order valence-electron chi connectivity index (χ0n) is 10.7. The molecule has 1 fully saturated rings. The zero-order chi connectivity index (χ0) is 15.1. The van der Waals surface area contributed by atoms with Crippen molar-refractivity contribution in [2.75, 3.05) is 12.3 Å². The van der Waals surface area contributed by atoms with E-state index in [-0.39, 0.29) is 6.42 Å². The van der Waals surface area contributed by atoms with Gasteiger partial charge in [0.2, 0.25) is 5.91 Å². The third-order valence-corrected chi connectivity index (χ3v) is 3.60. The number of carbonyl (C=O) groups is 1. The minimum Gasteiger partial charge on any atom is -0.394 e. The van der Waals surface area contributed by atoms with Crippen molar-refractivity contribution in [1.82, 2.24) is 9.55 Å². The van der Waals surface area contributed by atoms with E-state index in [1.54, 1.807) is 0 Å². The van der Waals surface area contributed by atoms with Gasteiger partial charge < -0.3 is 21.3 Å². The third kappa shape index (κ3) is 2.14. The van der Waals surface area contributed by atoms with Gasteiger partial charge in [-0.15, -0.1) is 0 Å². The van der Waals surface area contributed by atoms with Gasteiger partial charge in [0.1, 0.15) is 6.23 Å². The number of rotatable bonds is 3. The number of carbonyl (C=O) groups excluding carboxylic acids is 1. The van der Waals surface area contributed by atoms with Gasteiger partial charge in [0.25, 0.3) is 0 Å². The maximum Gasteiger partial charge on any atom is 0.351 e. The lowest BCUT2D eigenvalue weighted by molar-refractivity contribution is -0.131. The summed E-state index contributed by atoms with van der Waals surface area (Å²) in [6.45, 7) is 1.07. The summed E-state index contributed by atoms with van der Waals surface area (Å²) in [5, 5.41) is 9.25. The summed E-state index contributed by atoms with van der Waals surface area (Å²) in [6, 6.07) is 0. The van der Waals surface area contributed by atoms with E-state index in [1.165, 1.54) is 6.92 Å². The van der Waals surface area contributed by atoms with Crippen molar-refractivity contribution in [3.05, 3.63) is 22.5 Å². The van der Waals surface area contributed by atoms with Crippen molar-refractivity contribution in [2.24, 2.45) is 11.1 Å². The Hall–Kier alpha value is -2.00. The van der Waals surface area contributed by atoms with E-state index >= 15 is 0 Å². The van der Waals surface area contributed by atoms with E-state index in [1.807, 2.05) is 0 Å². The fraction of sp³-hybridized carbons (Fsp3) is 0.545. The maximum atomic E-state index is 13.4. The van der Waals surface area contributed by atoms with Crippen molar-refractivity contribution in [2.45, 2.75) is 25.7 Å². The predicted molar refractivity (Wildman–Crippen MR) is 65.8 cm³/mol. The molecule has 1 aromatic rings. The lowest BCUT2D eigenvalue weighted by Gasteiger charge is -2.23. The van der Waals surface area contributed by atoms with Gasteiger partial charge in [0.05, 0.1) is 24.3 Å². The maximum absolute atomic E-state index is 13.4. The quantitative estimate of drug-likeness (QED) is 0.634. The summed E-state index contributed by atoms with van der Waals surface area (Å²) in [5.74, 6) is -2.06. The molecule has 110 valence electrons. The Morgan fingerprint density at radius 2 is 2.40 bits per heavy atom. The first-order valence-electron chi connectivity index (χ1n) is 5.90. The highest BCUT2D eigenvalue weighted by Crippen LogP contribution is 2.42. The van der Waals surface area contributed by atoms with Crippen LogP contribution >= 0.6 is 0 Å². The second kappa shape index (κ2) is 4.84. The van der Waals surface area contributed by atoms with Crippen LogP contribution in [0, 0.1) is 11.2 Å². The molecule has 2 heterocycles. The number of nitrogens with two attached hydrogens (primary N) is 2. The molecule has 0 radical (unpaired) electrons. The molecule has 3 atom stereocenters. The van der Waals surface area contributed by atoms with Gasteiger partial charge in [0, 0.05) is 6.42 Å². The van der Waals surface area contributed by atoms with Gasteiger partial charge in [-0.05, 0) is 6.92 Å². The molecule has 1 saturated heterocycles. The normalized spacial score (nSPS) is 29.6. The van der Waals surface area contributed by atoms with Crippen molar-refractivity contribution < 1.29 is 19.0 Å². The first-order chi connectivity index (χ1) is 9.29. The SMILES string of the molecule is CC1(C(N)=O)CC(n2cc(F)c(N)nc2=O)O[C@@H]1CO. The Bertz CT molecular complexity index is 605. The number of nitrogen functional groups attached to an aromatic ring is 1. The van der Waals surface area contributed by atoms with E-state index in [2.05, 4.69) is 4.98 Å². The van der Waals surface area contributed by atoms with Crippen molar-refractivity contribution in [3.8, 4) is 0 Å². The first-order valence-corrected chi connectivity index (χ1v) is 5.90. The predicted octanol–water partition coefficient (Wildman–Crippen LogP) is -1.26. The molecule has 1 aliphatic heterocycles. The number of hydrogen-bond donors (Lipinski definition) is 3. The van der Waals surface area contributed by atoms with Crippen LogP contribution in [0.25, 0.3) is 0 Å². The van der Waals surface area contributed by atoms with Crippen LogP contribution in [0.2, 0.25) is 0 Å². The first kappa shape index (κ1) is 14.4. The molecule has 0 spiro atoms. The molecule has 1 aromatic heterocycles. The van der Waals surface area contributed by atoms with Crippen LogP contribution < -0.4 is 17.2 Å². The topological polar surface area (TPSA) is 133 Å². The number of ether oxygens (including phenoxy) is 1. The minimum atomic E-state index is -1.16. The van der Waals surface area contributed by atoms with Crippen LogP contribution in [0.4, 0.5) is 10.2 Å². The molecule has 0 saturated carbocycles. The smallest absolute Gasteiger partial charge is 0.351 e. The highest BCUT2D eigenvalue weighted by Gasteiger charge is 2.50. The van der Waals surface area contributed by atoms with Crippen molar-refractivity contribution >= 4 is 11.7 Å².